The van der Waals surface area contributed by atoms with Crippen LogP contribution in [-0.4, -0.2) is 25.6 Å². The molecule has 0 fully saturated rings. The van der Waals surface area contributed by atoms with Gasteiger partial charge >= 0.3 is 5.97 Å². The third kappa shape index (κ3) is 4.95. The van der Waals surface area contributed by atoms with Crippen LogP contribution in [0.5, 0.6) is 5.75 Å². The highest BCUT2D eigenvalue weighted by atomic mass is 32.1. The van der Waals surface area contributed by atoms with E-state index in [9.17, 15) is 9.59 Å². The minimum Gasteiger partial charge on any atom is -0.496 e. The molecule has 5 nitrogen and oxygen atoms in total. The first-order valence-electron chi connectivity index (χ1n) is 8.42. The third-order valence-electron chi connectivity index (χ3n) is 3.66. The molecule has 1 N–H and O–H groups in total. The molecule has 1 aromatic carbocycles. The van der Waals surface area contributed by atoms with E-state index in [0.717, 1.165) is 22.4 Å². The highest BCUT2D eigenvalue weighted by molar-refractivity contribution is 7.16. The number of hydrogen-bond acceptors (Lipinski definition) is 5. The van der Waals surface area contributed by atoms with E-state index in [0.29, 0.717) is 16.3 Å². The normalized spacial score (nSPS) is 10.8. The second-order valence-corrected chi connectivity index (χ2v) is 6.73. The van der Waals surface area contributed by atoms with Gasteiger partial charge in [-0.3, -0.25) is 4.79 Å². The first-order chi connectivity index (χ1) is 12.5. The van der Waals surface area contributed by atoms with Crippen molar-refractivity contribution in [3.8, 4) is 5.75 Å². The lowest BCUT2D eigenvalue weighted by Gasteiger charge is -2.06. The summed E-state index contributed by atoms with van der Waals surface area (Å²) in [6.07, 6.45) is 3.90. The molecule has 0 atom stereocenters. The molecule has 0 saturated heterocycles. The number of benzene rings is 1. The summed E-state index contributed by atoms with van der Waals surface area (Å²) in [6, 6.07) is 7.51. The number of esters is 1. The fourth-order valence-corrected chi connectivity index (χ4v) is 3.36. The van der Waals surface area contributed by atoms with Crippen molar-refractivity contribution in [1.29, 1.82) is 0 Å². The maximum absolute atomic E-state index is 12.3. The molecule has 0 aliphatic carbocycles. The molecular weight excluding hydrogens is 350 g/mol. The molecule has 0 aliphatic rings. The average Bonchev–Trinajstić information content (AvgIpc) is 3.03. The van der Waals surface area contributed by atoms with E-state index in [1.54, 1.807) is 26.2 Å². The molecule has 26 heavy (non-hydrogen) atoms. The number of thiophene rings is 1. The van der Waals surface area contributed by atoms with E-state index in [2.05, 4.69) is 5.32 Å². The molecule has 138 valence electrons. The predicted octanol–water partition coefficient (Wildman–Crippen LogP) is 4.46. The van der Waals surface area contributed by atoms with Gasteiger partial charge < -0.3 is 14.8 Å². The van der Waals surface area contributed by atoms with Gasteiger partial charge in [-0.2, -0.15) is 0 Å². The first-order valence-corrected chi connectivity index (χ1v) is 9.23. The van der Waals surface area contributed by atoms with Crippen molar-refractivity contribution >= 4 is 34.3 Å². The number of methoxy groups -OCH3 is 1. The minimum absolute atomic E-state index is 0.288. The zero-order valence-electron chi connectivity index (χ0n) is 15.4. The summed E-state index contributed by atoms with van der Waals surface area (Å²) in [5, 5.41) is 3.28. The maximum Gasteiger partial charge on any atom is 0.341 e. The molecule has 1 amide bonds. The predicted molar refractivity (Wildman–Crippen MR) is 105 cm³/mol. The van der Waals surface area contributed by atoms with Crippen molar-refractivity contribution in [1.82, 2.24) is 0 Å². The molecule has 2 rings (SSSR count). The van der Waals surface area contributed by atoms with Crippen molar-refractivity contribution in [2.75, 3.05) is 19.0 Å². The highest BCUT2D eigenvalue weighted by Gasteiger charge is 2.18. The van der Waals surface area contributed by atoms with Gasteiger partial charge in [0.1, 0.15) is 10.8 Å². The van der Waals surface area contributed by atoms with Gasteiger partial charge in [-0.1, -0.05) is 18.6 Å². The Kier molecular flexibility index (Phi) is 6.97. The second-order valence-electron chi connectivity index (χ2n) is 5.60. The summed E-state index contributed by atoms with van der Waals surface area (Å²) < 4.78 is 10.4. The number of carbonyl (C=O) groups excluding carboxylic acids is 2. The Morgan fingerprint density at radius 2 is 2.00 bits per heavy atom. The van der Waals surface area contributed by atoms with Gasteiger partial charge in [0.25, 0.3) is 0 Å². The number of amides is 1. The van der Waals surface area contributed by atoms with Crippen LogP contribution < -0.4 is 10.1 Å². The summed E-state index contributed by atoms with van der Waals surface area (Å²) in [6.45, 7) is 6.01. The summed E-state index contributed by atoms with van der Waals surface area (Å²) in [5.74, 6) is -0.0528. The van der Waals surface area contributed by atoms with Crippen LogP contribution in [0.3, 0.4) is 0 Å². The van der Waals surface area contributed by atoms with E-state index in [-0.39, 0.29) is 12.5 Å². The zero-order chi connectivity index (χ0) is 19.1. The summed E-state index contributed by atoms with van der Waals surface area (Å²) in [4.78, 5) is 25.4. The molecule has 2 aromatic rings. The van der Waals surface area contributed by atoms with E-state index in [1.165, 1.54) is 17.4 Å². The smallest absolute Gasteiger partial charge is 0.341 e. The third-order valence-corrected chi connectivity index (χ3v) is 4.86. The number of aryl methyl sites for hydroxylation is 2. The van der Waals surface area contributed by atoms with Crippen molar-refractivity contribution in [3.63, 3.8) is 0 Å². The molecule has 0 spiro atoms. The lowest BCUT2D eigenvalue weighted by Crippen LogP contribution is -2.11. The van der Waals surface area contributed by atoms with E-state index in [1.807, 2.05) is 32.0 Å². The number of anilines is 1. The van der Waals surface area contributed by atoms with Crippen LogP contribution in [0.15, 0.2) is 30.3 Å². The van der Waals surface area contributed by atoms with Gasteiger partial charge in [-0.25, -0.2) is 4.79 Å². The molecule has 6 heteroatoms. The van der Waals surface area contributed by atoms with Crippen molar-refractivity contribution < 1.29 is 19.1 Å². The molecule has 0 unspecified atom stereocenters. The monoisotopic (exact) mass is 373 g/mol. The quantitative estimate of drug-likeness (QED) is 0.575. The van der Waals surface area contributed by atoms with Crippen LogP contribution in [0, 0.1) is 6.92 Å². The standard InChI is InChI=1S/C20H23NO4S/c1-5-15-12-16(20(23)25-6-2)19(26-15)21-18(22)10-8-14-11-13(3)7-9-17(14)24-4/h7-12H,5-6H2,1-4H3,(H,21,22)/b10-8+. The van der Waals surface area contributed by atoms with Gasteiger partial charge in [0.05, 0.1) is 19.3 Å². The molecular formula is C20H23NO4S. The Balaban J connectivity index is 2.19. The molecule has 0 bridgehead atoms. The molecule has 0 saturated carbocycles. The Labute approximate surface area is 157 Å². The van der Waals surface area contributed by atoms with Gasteiger partial charge in [0.2, 0.25) is 5.91 Å². The minimum atomic E-state index is -0.428. The van der Waals surface area contributed by atoms with E-state index >= 15 is 0 Å². The van der Waals surface area contributed by atoms with E-state index < -0.39 is 5.97 Å². The average molecular weight is 373 g/mol. The molecule has 1 heterocycles. The van der Waals surface area contributed by atoms with Gasteiger partial charge in [-0.05, 0) is 44.5 Å². The molecule has 1 aromatic heterocycles. The number of nitrogens with one attached hydrogen (secondary N) is 1. The maximum atomic E-state index is 12.3. The molecule has 0 radical (unpaired) electrons. The van der Waals surface area contributed by atoms with Gasteiger partial charge in [0.15, 0.2) is 0 Å². The van der Waals surface area contributed by atoms with Gasteiger partial charge in [0, 0.05) is 16.5 Å². The van der Waals surface area contributed by atoms with Crippen LogP contribution in [-0.2, 0) is 16.0 Å². The number of rotatable bonds is 7. The zero-order valence-corrected chi connectivity index (χ0v) is 16.2. The van der Waals surface area contributed by atoms with E-state index in [4.69, 9.17) is 9.47 Å². The second kappa shape index (κ2) is 9.20. The Bertz CT molecular complexity index is 823. The van der Waals surface area contributed by atoms with Crippen LogP contribution in [0.25, 0.3) is 6.08 Å². The van der Waals surface area contributed by atoms with Crippen LogP contribution in [0.4, 0.5) is 5.00 Å². The summed E-state index contributed by atoms with van der Waals surface area (Å²) in [7, 11) is 1.59. The fourth-order valence-electron chi connectivity index (χ4n) is 2.37. The fraction of sp³-hybridized carbons (Fsp3) is 0.300. The Morgan fingerprint density at radius 3 is 2.65 bits per heavy atom. The van der Waals surface area contributed by atoms with Gasteiger partial charge in [-0.15, -0.1) is 11.3 Å². The Hall–Kier alpha value is -2.60. The summed E-state index contributed by atoms with van der Waals surface area (Å²) >= 11 is 1.38. The van der Waals surface area contributed by atoms with Crippen molar-refractivity contribution in [2.24, 2.45) is 0 Å². The highest BCUT2D eigenvalue weighted by Crippen LogP contribution is 2.29. The number of ether oxygens (including phenoxy) is 2. The SMILES string of the molecule is CCOC(=O)c1cc(CC)sc1NC(=O)/C=C/c1cc(C)ccc1OC. The topological polar surface area (TPSA) is 64.6 Å². The van der Waals surface area contributed by atoms with Crippen LogP contribution >= 0.6 is 11.3 Å². The molecule has 0 aliphatic heterocycles. The lowest BCUT2D eigenvalue weighted by atomic mass is 10.1. The number of carbonyl (C=O) groups is 2. The lowest BCUT2D eigenvalue weighted by molar-refractivity contribution is -0.111. The van der Waals surface area contributed by atoms with Crippen molar-refractivity contribution in [3.05, 3.63) is 51.9 Å². The summed E-state index contributed by atoms with van der Waals surface area (Å²) in [5.41, 5.74) is 2.28. The number of hydrogen-bond donors (Lipinski definition) is 1. The Morgan fingerprint density at radius 1 is 1.23 bits per heavy atom. The van der Waals surface area contributed by atoms with Crippen LogP contribution in [0.2, 0.25) is 0 Å². The van der Waals surface area contributed by atoms with Crippen molar-refractivity contribution in [2.45, 2.75) is 27.2 Å². The first kappa shape index (κ1) is 19.7. The largest absolute Gasteiger partial charge is 0.496 e. The van der Waals surface area contributed by atoms with Crippen LogP contribution in [0.1, 0.15) is 40.2 Å².